The molecular weight excluding hydrogens is 394 g/mol. The third kappa shape index (κ3) is 4.84. The summed E-state index contributed by atoms with van der Waals surface area (Å²) in [7, 11) is 0. The minimum absolute atomic E-state index is 0.0163. The maximum atomic E-state index is 12.6. The van der Waals surface area contributed by atoms with Crippen molar-refractivity contribution in [1.29, 1.82) is 0 Å². The van der Waals surface area contributed by atoms with Crippen molar-refractivity contribution < 1.29 is 40.6 Å². The van der Waals surface area contributed by atoms with Crippen molar-refractivity contribution in [3.63, 3.8) is 0 Å². The second-order valence-electron chi connectivity index (χ2n) is 5.88. The molecule has 1 aromatic heterocycles. The molecule has 1 aliphatic heterocycles. The first-order valence-electron chi connectivity index (χ1n) is 7.87. The van der Waals surface area contributed by atoms with E-state index in [1.165, 1.54) is 23.1 Å². The molecule has 28 heavy (non-hydrogen) atoms. The van der Waals surface area contributed by atoms with Crippen LogP contribution in [0.4, 0.5) is 26.3 Å². The summed E-state index contributed by atoms with van der Waals surface area (Å²) >= 11 is 0. The van der Waals surface area contributed by atoms with Gasteiger partial charge in [-0.2, -0.15) is 13.2 Å². The number of carbonyl (C=O) groups is 1. The van der Waals surface area contributed by atoms with Crippen molar-refractivity contribution in [2.24, 2.45) is 0 Å². The number of ether oxygens (including phenoxy) is 2. The standard InChI is InChI=1S/C17H12F6N2O3/c18-16(19,20)13-5-2-6-14(24-13)27-12-8-25(9-12)15(26)10-3-1-4-11(7-10)28-17(21,22)23/h1-7,12H,8-9H2. The number of hydrogen-bond acceptors (Lipinski definition) is 4. The lowest BCUT2D eigenvalue weighted by atomic mass is 10.1. The Morgan fingerprint density at radius 3 is 2.36 bits per heavy atom. The number of aromatic nitrogens is 1. The molecule has 1 saturated heterocycles. The van der Waals surface area contributed by atoms with Crippen LogP contribution in [0.25, 0.3) is 0 Å². The van der Waals surface area contributed by atoms with E-state index in [4.69, 9.17) is 4.74 Å². The number of alkyl halides is 6. The molecule has 1 aliphatic rings. The minimum atomic E-state index is -4.88. The lowest BCUT2D eigenvalue weighted by molar-refractivity contribution is -0.274. The minimum Gasteiger partial charge on any atom is -0.471 e. The number of nitrogens with zero attached hydrogens (tertiary/aromatic N) is 2. The topological polar surface area (TPSA) is 51.7 Å². The molecule has 0 N–H and O–H groups in total. The third-order valence-electron chi connectivity index (χ3n) is 3.75. The number of carbonyl (C=O) groups excluding carboxylic acids is 1. The molecule has 1 amide bonds. The van der Waals surface area contributed by atoms with Crippen LogP contribution in [0, 0.1) is 0 Å². The Hall–Kier alpha value is -2.98. The highest BCUT2D eigenvalue weighted by molar-refractivity contribution is 5.95. The Morgan fingerprint density at radius 2 is 1.71 bits per heavy atom. The van der Waals surface area contributed by atoms with E-state index in [1.807, 2.05) is 0 Å². The van der Waals surface area contributed by atoms with Crippen LogP contribution in [0.3, 0.4) is 0 Å². The van der Waals surface area contributed by atoms with Gasteiger partial charge in [0.2, 0.25) is 5.88 Å². The van der Waals surface area contributed by atoms with Crippen molar-refractivity contribution in [3.8, 4) is 11.6 Å². The van der Waals surface area contributed by atoms with Crippen LogP contribution in [-0.4, -0.2) is 41.3 Å². The molecule has 2 aromatic rings. The van der Waals surface area contributed by atoms with Gasteiger partial charge >= 0.3 is 12.5 Å². The van der Waals surface area contributed by atoms with Gasteiger partial charge in [-0.1, -0.05) is 12.1 Å². The Balaban J connectivity index is 1.58. The van der Waals surface area contributed by atoms with E-state index in [2.05, 4.69) is 9.72 Å². The molecule has 2 heterocycles. The molecule has 0 atom stereocenters. The van der Waals surface area contributed by atoms with E-state index in [0.717, 1.165) is 24.3 Å². The monoisotopic (exact) mass is 406 g/mol. The van der Waals surface area contributed by atoms with Gasteiger partial charge in [0, 0.05) is 11.6 Å². The van der Waals surface area contributed by atoms with Gasteiger partial charge in [-0.25, -0.2) is 4.98 Å². The van der Waals surface area contributed by atoms with Crippen LogP contribution in [0.1, 0.15) is 16.1 Å². The lowest BCUT2D eigenvalue weighted by Crippen LogP contribution is -2.56. The van der Waals surface area contributed by atoms with Crippen LogP contribution >= 0.6 is 0 Å². The summed E-state index contributed by atoms with van der Waals surface area (Å²) in [6.45, 7) is 0.113. The number of hydrogen-bond donors (Lipinski definition) is 0. The zero-order valence-electron chi connectivity index (χ0n) is 13.9. The largest absolute Gasteiger partial charge is 0.573 e. The molecule has 150 valence electrons. The Labute approximate surface area is 154 Å². The maximum Gasteiger partial charge on any atom is 0.573 e. The number of rotatable bonds is 4. The number of amides is 1. The normalized spacial score (nSPS) is 15.1. The predicted octanol–water partition coefficient (Wildman–Crippen LogP) is 3.90. The molecule has 3 rings (SSSR count). The molecular formula is C17H12F6N2O3. The molecule has 0 spiro atoms. The highest BCUT2D eigenvalue weighted by Crippen LogP contribution is 2.29. The average Bonchev–Trinajstić information content (AvgIpc) is 2.55. The van der Waals surface area contributed by atoms with E-state index >= 15 is 0 Å². The Morgan fingerprint density at radius 1 is 1.04 bits per heavy atom. The molecule has 0 radical (unpaired) electrons. The van der Waals surface area contributed by atoms with E-state index in [-0.39, 0.29) is 24.5 Å². The number of benzene rings is 1. The summed E-state index contributed by atoms with van der Waals surface area (Å²) < 4.78 is 83.8. The average molecular weight is 406 g/mol. The number of likely N-dealkylation sites (tertiary alicyclic amines) is 1. The van der Waals surface area contributed by atoms with E-state index < -0.39 is 36.0 Å². The number of pyridine rings is 1. The zero-order chi connectivity index (χ0) is 20.5. The number of halogens is 6. The molecule has 0 unspecified atom stereocenters. The quantitative estimate of drug-likeness (QED) is 0.723. The second kappa shape index (κ2) is 7.21. The molecule has 11 heteroatoms. The fraction of sp³-hybridized carbons (Fsp3) is 0.294. The van der Waals surface area contributed by atoms with Gasteiger partial charge in [-0.15, -0.1) is 13.2 Å². The maximum absolute atomic E-state index is 12.6. The SMILES string of the molecule is O=C(c1cccc(OC(F)(F)F)c1)N1CC(Oc2cccc(C(F)(F)F)n2)C1. The van der Waals surface area contributed by atoms with E-state index in [1.54, 1.807) is 0 Å². The van der Waals surface area contributed by atoms with Crippen LogP contribution in [0.5, 0.6) is 11.6 Å². The molecule has 0 saturated carbocycles. The van der Waals surface area contributed by atoms with Crippen molar-refractivity contribution in [3.05, 3.63) is 53.7 Å². The predicted molar refractivity (Wildman–Crippen MR) is 82.7 cm³/mol. The summed E-state index contributed by atoms with van der Waals surface area (Å²) in [5, 5.41) is 0. The zero-order valence-corrected chi connectivity index (χ0v) is 13.9. The summed E-state index contributed by atoms with van der Waals surface area (Å²) in [5.74, 6) is -1.31. The van der Waals surface area contributed by atoms with Crippen LogP contribution in [0.2, 0.25) is 0 Å². The van der Waals surface area contributed by atoms with E-state index in [0.29, 0.717) is 0 Å². The van der Waals surface area contributed by atoms with Crippen molar-refractivity contribution in [2.45, 2.75) is 18.6 Å². The highest BCUT2D eigenvalue weighted by Gasteiger charge is 2.36. The van der Waals surface area contributed by atoms with Crippen molar-refractivity contribution >= 4 is 5.91 Å². The fourth-order valence-electron chi connectivity index (χ4n) is 2.50. The first-order chi connectivity index (χ1) is 13.0. The Kier molecular flexibility index (Phi) is 5.09. The van der Waals surface area contributed by atoms with Gasteiger partial charge in [0.1, 0.15) is 17.5 Å². The lowest BCUT2D eigenvalue weighted by Gasteiger charge is -2.38. The van der Waals surface area contributed by atoms with Gasteiger partial charge in [-0.3, -0.25) is 4.79 Å². The first kappa shape index (κ1) is 19.8. The van der Waals surface area contributed by atoms with E-state index in [9.17, 15) is 31.1 Å². The smallest absolute Gasteiger partial charge is 0.471 e. The summed E-state index contributed by atoms with van der Waals surface area (Å²) in [4.78, 5) is 16.9. The second-order valence-corrected chi connectivity index (χ2v) is 5.88. The first-order valence-corrected chi connectivity index (χ1v) is 7.87. The molecule has 1 aromatic carbocycles. The fourth-order valence-corrected chi connectivity index (χ4v) is 2.50. The molecule has 0 bridgehead atoms. The van der Waals surface area contributed by atoms with Gasteiger partial charge in [0.05, 0.1) is 13.1 Å². The summed E-state index contributed by atoms with van der Waals surface area (Å²) in [6.07, 6.45) is -10.1. The summed E-state index contributed by atoms with van der Waals surface area (Å²) in [6, 6.07) is 7.81. The molecule has 0 aliphatic carbocycles. The van der Waals surface area contributed by atoms with Gasteiger partial charge in [0.25, 0.3) is 5.91 Å². The van der Waals surface area contributed by atoms with Crippen molar-refractivity contribution in [2.75, 3.05) is 13.1 Å². The highest BCUT2D eigenvalue weighted by atomic mass is 19.4. The van der Waals surface area contributed by atoms with Crippen LogP contribution in [0.15, 0.2) is 42.5 Å². The Bertz CT molecular complexity index is 862. The van der Waals surface area contributed by atoms with Gasteiger partial charge in [-0.05, 0) is 24.3 Å². The molecule has 1 fully saturated rings. The molecule has 5 nitrogen and oxygen atoms in total. The van der Waals surface area contributed by atoms with Gasteiger partial charge in [0.15, 0.2) is 0 Å². The van der Waals surface area contributed by atoms with Crippen LogP contribution in [-0.2, 0) is 6.18 Å². The third-order valence-corrected chi connectivity index (χ3v) is 3.75. The van der Waals surface area contributed by atoms with Crippen molar-refractivity contribution in [1.82, 2.24) is 9.88 Å². The van der Waals surface area contributed by atoms with Gasteiger partial charge < -0.3 is 14.4 Å². The van der Waals surface area contributed by atoms with Crippen LogP contribution < -0.4 is 9.47 Å². The summed E-state index contributed by atoms with van der Waals surface area (Å²) in [5.41, 5.74) is -1.11.